The number of carbonyl (C=O) groups excluding carboxylic acids is 1. The highest BCUT2D eigenvalue weighted by Crippen LogP contribution is 2.18. The van der Waals surface area contributed by atoms with Crippen molar-refractivity contribution in [3.63, 3.8) is 0 Å². The first-order valence-electron chi connectivity index (χ1n) is 7.89. The van der Waals surface area contributed by atoms with Crippen LogP contribution in [0.4, 0.5) is 5.95 Å². The average molecular weight is 341 g/mol. The summed E-state index contributed by atoms with van der Waals surface area (Å²) >= 11 is 0. The second-order valence-corrected chi connectivity index (χ2v) is 5.93. The van der Waals surface area contributed by atoms with Crippen LogP contribution in [0, 0.1) is 0 Å². The van der Waals surface area contributed by atoms with Crippen LogP contribution in [0.1, 0.15) is 30.6 Å². The fourth-order valence-electron chi connectivity index (χ4n) is 2.93. The molecule has 1 aliphatic carbocycles. The van der Waals surface area contributed by atoms with Gasteiger partial charge in [-0.1, -0.05) is 0 Å². The van der Waals surface area contributed by atoms with Crippen LogP contribution in [0.15, 0.2) is 22.0 Å². The van der Waals surface area contributed by atoms with E-state index in [0.29, 0.717) is 0 Å². The molecule has 10 heteroatoms. The van der Waals surface area contributed by atoms with Gasteiger partial charge in [-0.05, 0) is 31.7 Å². The molecule has 3 heterocycles. The number of aryl methyl sites for hydroxylation is 2. The zero-order valence-corrected chi connectivity index (χ0v) is 13.4. The van der Waals surface area contributed by atoms with Crippen LogP contribution in [0.25, 0.3) is 11.2 Å². The second-order valence-electron chi connectivity index (χ2n) is 5.93. The monoisotopic (exact) mass is 341 g/mol. The number of amides is 1. The van der Waals surface area contributed by atoms with Crippen LogP contribution in [0.3, 0.4) is 0 Å². The molecule has 1 amide bonds. The van der Waals surface area contributed by atoms with Crippen molar-refractivity contribution >= 4 is 23.0 Å². The van der Waals surface area contributed by atoms with Gasteiger partial charge in [-0.25, -0.2) is 9.67 Å². The Hall–Kier alpha value is -3.30. The summed E-state index contributed by atoms with van der Waals surface area (Å²) in [6.07, 6.45) is 3.94. The summed E-state index contributed by atoms with van der Waals surface area (Å²) in [7, 11) is 0. The van der Waals surface area contributed by atoms with E-state index < -0.39 is 17.5 Å². The lowest BCUT2D eigenvalue weighted by Gasteiger charge is -2.14. The van der Waals surface area contributed by atoms with Gasteiger partial charge in [-0.2, -0.15) is 10.1 Å². The van der Waals surface area contributed by atoms with E-state index in [0.717, 1.165) is 35.2 Å². The maximum absolute atomic E-state index is 12.4. The number of fused-ring (bicyclic) bond motifs is 2. The molecule has 3 aromatic heterocycles. The van der Waals surface area contributed by atoms with Gasteiger partial charge in [0, 0.05) is 6.07 Å². The van der Waals surface area contributed by atoms with Crippen LogP contribution in [0.5, 0.6) is 0 Å². The molecule has 1 aliphatic rings. The molecule has 1 unspecified atom stereocenters. The molecule has 128 valence electrons. The van der Waals surface area contributed by atoms with Gasteiger partial charge in [0.15, 0.2) is 11.2 Å². The van der Waals surface area contributed by atoms with E-state index in [9.17, 15) is 14.4 Å². The van der Waals surface area contributed by atoms with Crippen LogP contribution >= 0.6 is 0 Å². The number of rotatable bonds is 3. The van der Waals surface area contributed by atoms with Gasteiger partial charge in [0.25, 0.3) is 17.0 Å². The summed E-state index contributed by atoms with van der Waals surface area (Å²) in [4.78, 5) is 49.6. The third-order valence-electron chi connectivity index (χ3n) is 4.27. The Morgan fingerprint density at radius 3 is 3.04 bits per heavy atom. The minimum absolute atomic E-state index is 0.0318. The van der Waals surface area contributed by atoms with E-state index in [1.54, 1.807) is 6.92 Å². The molecule has 4 rings (SSSR count). The first-order valence-corrected chi connectivity index (χ1v) is 7.89. The quantitative estimate of drug-likeness (QED) is 0.607. The summed E-state index contributed by atoms with van der Waals surface area (Å²) in [6.45, 7) is 1.57. The minimum Gasteiger partial charge on any atom is -0.339 e. The molecule has 0 saturated heterocycles. The summed E-state index contributed by atoms with van der Waals surface area (Å²) in [5, 5.41) is 6.81. The lowest BCUT2D eigenvalue weighted by Crippen LogP contribution is -2.34. The van der Waals surface area contributed by atoms with Crippen molar-refractivity contribution in [2.45, 2.75) is 32.2 Å². The van der Waals surface area contributed by atoms with E-state index >= 15 is 0 Å². The van der Waals surface area contributed by atoms with Gasteiger partial charge in [0.05, 0.1) is 12.0 Å². The number of nitrogens with one attached hydrogen (secondary N) is 3. The van der Waals surface area contributed by atoms with E-state index in [-0.39, 0.29) is 22.7 Å². The predicted molar refractivity (Wildman–Crippen MR) is 88.4 cm³/mol. The molecule has 25 heavy (non-hydrogen) atoms. The molecule has 0 fully saturated rings. The largest absolute Gasteiger partial charge is 0.339 e. The number of imidazole rings is 1. The number of aromatic amines is 2. The SMILES string of the molecule is CC(C(=O)Nc1nc2nc[nH]c2c(=O)[nH]1)n1nc2c(cc1=O)CCC2. The molecule has 0 aliphatic heterocycles. The number of aromatic nitrogens is 6. The molecule has 0 aromatic carbocycles. The molecular formula is C15H15N7O3. The molecule has 1 atom stereocenters. The maximum atomic E-state index is 12.4. The molecular weight excluding hydrogens is 326 g/mol. The summed E-state index contributed by atoms with van der Waals surface area (Å²) in [5.41, 5.74) is 1.44. The molecule has 0 radical (unpaired) electrons. The molecule has 3 N–H and O–H groups in total. The van der Waals surface area contributed by atoms with E-state index in [1.165, 1.54) is 12.4 Å². The third kappa shape index (κ3) is 2.61. The first-order chi connectivity index (χ1) is 12.0. The number of H-pyrrole nitrogens is 2. The van der Waals surface area contributed by atoms with Crippen LogP contribution in [-0.2, 0) is 17.6 Å². The maximum Gasteiger partial charge on any atom is 0.278 e. The predicted octanol–water partition coefficient (Wildman–Crippen LogP) is -0.109. The number of hydrogen-bond donors (Lipinski definition) is 3. The number of anilines is 1. The van der Waals surface area contributed by atoms with Crippen molar-refractivity contribution in [3.05, 3.63) is 44.4 Å². The fraction of sp³-hybridized carbons (Fsp3) is 0.333. The highest BCUT2D eigenvalue weighted by atomic mass is 16.2. The highest BCUT2D eigenvalue weighted by Gasteiger charge is 2.22. The van der Waals surface area contributed by atoms with Gasteiger partial charge in [0.1, 0.15) is 6.04 Å². The number of hydrogen-bond acceptors (Lipinski definition) is 6. The molecule has 0 spiro atoms. The van der Waals surface area contributed by atoms with Crippen molar-refractivity contribution < 1.29 is 4.79 Å². The van der Waals surface area contributed by atoms with Crippen molar-refractivity contribution in [2.75, 3.05) is 5.32 Å². The summed E-state index contributed by atoms with van der Waals surface area (Å²) in [6, 6.07) is 0.688. The average Bonchev–Trinajstić information content (AvgIpc) is 3.21. The van der Waals surface area contributed by atoms with Crippen LogP contribution in [-0.4, -0.2) is 35.6 Å². The van der Waals surface area contributed by atoms with E-state index in [4.69, 9.17) is 0 Å². The smallest absolute Gasteiger partial charge is 0.278 e. The Morgan fingerprint density at radius 2 is 2.20 bits per heavy atom. The van der Waals surface area contributed by atoms with Crippen molar-refractivity contribution in [1.29, 1.82) is 0 Å². The van der Waals surface area contributed by atoms with Gasteiger partial charge >= 0.3 is 0 Å². The van der Waals surface area contributed by atoms with Gasteiger partial charge in [-0.15, -0.1) is 0 Å². The Balaban J connectivity index is 1.62. The van der Waals surface area contributed by atoms with Crippen molar-refractivity contribution in [3.8, 4) is 0 Å². The fourth-order valence-corrected chi connectivity index (χ4v) is 2.93. The molecule has 10 nitrogen and oxygen atoms in total. The first kappa shape index (κ1) is 15.2. The molecule has 0 saturated carbocycles. The Bertz CT molecular complexity index is 1090. The Labute approximate surface area is 140 Å². The minimum atomic E-state index is -0.849. The zero-order valence-electron chi connectivity index (χ0n) is 13.4. The van der Waals surface area contributed by atoms with E-state index in [2.05, 4.69) is 30.4 Å². The number of nitrogens with zero attached hydrogens (tertiary/aromatic N) is 4. The second kappa shape index (κ2) is 5.65. The Kier molecular flexibility index (Phi) is 3.45. The lowest BCUT2D eigenvalue weighted by molar-refractivity contribution is -0.119. The van der Waals surface area contributed by atoms with Crippen molar-refractivity contribution in [2.24, 2.45) is 0 Å². The van der Waals surface area contributed by atoms with E-state index in [1.807, 2.05) is 0 Å². The standard InChI is InChI=1S/C15H15N7O3/c1-7(22-10(23)5-8-3-2-4-9(8)21-22)13(24)19-15-18-12-11(14(25)20-15)16-6-17-12/h5-7H,2-4H2,1H3,(H3,16,17,18,19,20,24,25). The number of carbonyl (C=O) groups is 1. The van der Waals surface area contributed by atoms with Crippen molar-refractivity contribution in [1.82, 2.24) is 29.7 Å². The third-order valence-corrected chi connectivity index (χ3v) is 4.27. The van der Waals surface area contributed by atoms with Gasteiger partial charge in [-0.3, -0.25) is 24.7 Å². The topological polar surface area (TPSA) is 138 Å². The normalized spacial score (nSPS) is 14.4. The molecule has 0 bridgehead atoms. The Morgan fingerprint density at radius 1 is 1.36 bits per heavy atom. The highest BCUT2D eigenvalue weighted by molar-refractivity contribution is 5.92. The lowest BCUT2D eigenvalue weighted by atomic mass is 10.2. The van der Waals surface area contributed by atoms with Gasteiger partial charge < -0.3 is 4.98 Å². The summed E-state index contributed by atoms with van der Waals surface area (Å²) in [5.74, 6) is -0.541. The van der Waals surface area contributed by atoms with Gasteiger partial charge in [0.2, 0.25) is 5.95 Å². The molecule has 3 aromatic rings. The van der Waals surface area contributed by atoms with Crippen LogP contribution in [0.2, 0.25) is 0 Å². The zero-order chi connectivity index (χ0) is 17.6. The summed E-state index contributed by atoms with van der Waals surface area (Å²) < 4.78 is 1.16. The van der Waals surface area contributed by atoms with Crippen LogP contribution < -0.4 is 16.4 Å².